The quantitative estimate of drug-likeness (QED) is 0.779. The van der Waals surface area contributed by atoms with Crippen LogP contribution >= 0.6 is 0 Å². The lowest BCUT2D eigenvalue weighted by molar-refractivity contribution is 0.391. The van der Waals surface area contributed by atoms with Crippen molar-refractivity contribution in [1.82, 2.24) is 14.5 Å². The molecule has 3 aromatic rings. The van der Waals surface area contributed by atoms with Gasteiger partial charge in [0, 0.05) is 24.1 Å². The first kappa shape index (κ1) is 16.1. The maximum absolute atomic E-state index is 5.85. The molecule has 2 N–H and O–H groups in total. The average molecular weight is 326 g/mol. The second kappa shape index (κ2) is 6.39. The summed E-state index contributed by atoms with van der Waals surface area (Å²) in [5.41, 5.74) is 8.55. The highest BCUT2D eigenvalue weighted by molar-refractivity contribution is 5.74. The van der Waals surface area contributed by atoms with Crippen LogP contribution in [0.1, 0.15) is 31.3 Å². The van der Waals surface area contributed by atoms with Crippen LogP contribution in [0.4, 0.5) is 5.82 Å². The van der Waals surface area contributed by atoms with Gasteiger partial charge in [0.1, 0.15) is 28.7 Å². The summed E-state index contributed by atoms with van der Waals surface area (Å²) in [4.78, 5) is 9.20. The number of methoxy groups -OCH3 is 2. The lowest BCUT2D eigenvalue weighted by Gasteiger charge is -2.14. The summed E-state index contributed by atoms with van der Waals surface area (Å²) in [5, 5.41) is 0. The number of fused-ring (bicyclic) bond motifs is 1. The van der Waals surface area contributed by atoms with Crippen molar-refractivity contribution in [2.75, 3.05) is 20.0 Å². The van der Waals surface area contributed by atoms with E-state index in [9.17, 15) is 0 Å². The van der Waals surface area contributed by atoms with Crippen molar-refractivity contribution in [3.8, 4) is 11.5 Å². The lowest BCUT2D eigenvalue weighted by Crippen LogP contribution is -2.08. The lowest BCUT2D eigenvalue weighted by atomic mass is 10.1. The first-order valence-electron chi connectivity index (χ1n) is 7.87. The van der Waals surface area contributed by atoms with Gasteiger partial charge in [0.2, 0.25) is 0 Å². The van der Waals surface area contributed by atoms with Crippen LogP contribution in [0.25, 0.3) is 11.2 Å². The summed E-state index contributed by atoms with van der Waals surface area (Å²) in [6.45, 7) is 4.22. The molecule has 0 unspecified atom stereocenters. The van der Waals surface area contributed by atoms with Gasteiger partial charge in [-0.3, -0.25) is 0 Å². The minimum Gasteiger partial charge on any atom is -0.497 e. The number of hydrogen-bond donors (Lipinski definition) is 1. The molecular formula is C18H22N4O2. The number of nitrogen functional groups attached to an aromatic ring is 1. The average Bonchev–Trinajstić information content (AvgIpc) is 2.92. The molecule has 0 radical (unpaired) electrons. The Morgan fingerprint density at radius 3 is 2.54 bits per heavy atom. The van der Waals surface area contributed by atoms with Crippen LogP contribution in [-0.4, -0.2) is 28.8 Å². The largest absolute Gasteiger partial charge is 0.497 e. The monoisotopic (exact) mass is 326 g/mol. The Kier molecular flexibility index (Phi) is 4.29. The Labute approximate surface area is 141 Å². The Balaban J connectivity index is 2.08. The summed E-state index contributed by atoms with van der Waals surface area (Å²) >= 11 is 0. The SMILES string of the molecule is COc1ccc(Cc2nc3ccc(N)nc3n2C(C)C)c(OC)c1. The van der Waals surface area contributed by atoms with Gasteiger partial charge in [0.25, 0.3) is 0 Å². The topological polar surface area (TPSA) is 75.2 Å². The van der Waals surface area contributed by atoms with E-state index in [0.717, 1.165) is 34.1 Å². The number of nitrogens with two attached hydrogens (primary N) is 1. The Morgan fingerprint density at radius 2 is 1.88 bits per heavy atom. The molecule has 0 aliphatic rings. The number of pyridine rings is 1. The van der Waals surface area contributed by atoms with Crippen molar-refractivity contribution in [3.05, 3.63) is 41.7 Å². The highest BCUT2D eigenvalue weighted by Gasteiger charge is 2.17. The van der Waals surface area contributed by atoms with Crippen molar-refractivity contribution in [1.29, 1.82) is 0 Å². The Bertz CT molecular complexity index is 871. The van der Waals surface area contributed by atoms with E-state index in [4.69, 9.17) is 20.2 Å². The number of benzene rings is 1. The summed E-state index contributed by atoms with van der Waals surface area (Å²) in [6.07, 6.45) is 0.640. The zero-order valence-corrected chi connectivity index (χ0v) is 14.4. The zero-order chi connectivity index (χ0) is 17.3. The smallest absolute Gasteiger partial charge is 0.162 e. The molecule has 2 heterocycles. The van der Waals surface area contributed by atoms with E-state index in [-0.39, 0.29) is 6.04 Å². The van der Waals surface area contributed by atoms with Crippen molar-refractivity contribution < 1.29 is 9.47 Å². The van der Waals surface area contributed by atoms with E-state index in [1.807, 2.05) is 24.3 Å². The Hall–Kier alpha value is -2.76. The molecule has 24 heavy (non-hydrogen) atoms. The van der Waals surface area contributed by atoms with Gasteiger partial charge in [0.05, 0.1) is 14.2 Å². The number of aromatic nitrogens is 3. The highest BCUT2D eigenvalue weighted by atomic mass is 16.5. The minimum atomic E-state index is 0.226. The van der Waals surface area contributed by atoms with Crippen LogP contribution in [0.5, 0.6) is 11.5 Å². The summed E-state index contributed by atoms with van der Waals surface area (Å²) in [5.74, 6) is 2.98. The number of ether oxygens (including phenoxy) is 2. The van der Waals surface area contributed by atoms with Crippen LogP contribution in [0.3, 0.4) is 0 Å². The van der Waals surface area contributed by atoms with E-state index in [1.54, 1.807) is 20.3 Å². The molecule has 6 heteroatoms. The molecule has 0 aliphatic carbocycles. The van der Waals surface area contributed by atoms with Crippen LogP contribution in [-0.2, 0) is 6.42 Å². The van der Waals surface area contributed by atoms with Gasteiger partial charge in [-0.15, -0.1) is 0 Å². The zero-order valence-electron chi connectivity index (χ0n) is 14.4. The summed E-state index contributed by atoms with van der Waals surface area (Å²) < 4.78 is 12.9. The maximum Gasteiger partial charge on any atom is 0.162 e. The number of hydrogen-bond acceptors (Lipinski definition) is 5. The van der Waals surface area contributed by atoms with E-state index >= 15 is 0 Å². The van der Waals surface area contributed by atoms with Crippen molar-refractivity contribution in [2.45, 2.75) is 26.3 Å². The molecule has 126 valence electrons. The predicted octanol–water partition coefficient (Wildman–Crippen LogP) is 3.20. The minimum absolute atomic E-state index is 0.226. The van der Waals surface area contributed by atoms with Crippen molar-refractivity contribution in [3.63, 3.8) is 0 Å². The third-order valence-electron chi connectivity index (χ3n) is 3.99. The summed E-state index contributed by atoms with van der Waals surface area (Å²) in [7, 11) is 3.30. The number of rotatable bonds is 5. The van der Waals surface area contributed by atoms with E-state index < -0.39 is 0 Å². The molecule has 0 bridgehead atoms. The molecule has 0 fully saturated rings. The molecule has 0 aliphatic heterocycles. The van der Waals surface area contributed by atoms with Crippen LogP contribution in [0, 0.1) is 0 Å². The molecule has 1 aromatic carbocycles. The second-order valence-corrected chi connectivity index (χ2v) is 5.93. The van der Waals surface area contributed by atoms with Gasteiger partial charge in [0.15, 0.2) is 5.65 Å². The molecule has 0 saturated heterocycles. The fraction of sp³-hybridized carbons (Fsp3) is 0.333. The van der Waals surface area contributed by atoms with Gasteiger partial charge in [-0.2, -0.15) is 0 Å². The van der Waals surface area contributed by atoms with Crippen LogP contribution in [0.2, 0.25) is 0 Å². The molecular weight excluding hydrogens is 304 g/mol. The molecule has 0 atom stereocenters. The molecule has 0 spiro atoms. The van der Waals surface area contributed by atoms with E-state index in [2.05, 4.69) is 23.4 Å². The maximum atomic E-state index is 5.85. The van der Waals surface area contributed by atoms with Gasteiger partial charge in [-0.25, -0.2) is 9.97 Å². The molecule has 0 amide bonds. The summed E-state index contributed by atoms with van der Waals surface area (Å²) in [6, 6.07) is 9.72. The van der Waals surface area contributed by atoms with Gasteiger partial charge < -0.3 is 19.8 Å². The van der Waals surface area contributed by atoms with E-state index in [0.29, 0.717) is 12.2 Å². The molecule has 2 aromatic heterocycles. The fourth-order valence-electron chi connectivity index (χ4n) is 2.87. The normalized spacial score (nSPS) is 11.2. The number of imidazole rings is 1. The van der Waals surface area contributed by atoms with Crippen molar-refractivity contribution in [2.24, 2.45) is 0 Å². The van der Waals surface area contributed by atoms with E-state index in [1.165, 1.54) is 0 Å². The van der Waals surface area contributed by atoms with Crippen LogP contribution < -0.4 is 15.2 Å². The second-order valence-electron chi connectivity index (χ2n) is 5.93. The third kappa shape index (κ3) is 2.87. The van der Waals surface area contributed by atoms with Crippen molar-refractivity contribution >= 4 is 17.0 Å². The Morgan fingerprint density at radius 1 is 1.08 bits per heavy atom. The number of anilines is 1. The van der Waals surface area contributed by atoms with Gasteiger partial charge >= 0.3 is 0 Å². The number of nitrogens with zero attached hydrogens (tertiary/aromatic N) is 3. The highest BCUT2D eigenvalue weighted by Crippen LogP contribution is 2.28. The molecule has 3 rings (SSSR count). The fourth-order valence-corrected chi connectivity index (χ4v) is 2.87. The molecule has 0 saturated carbocycles. The third-order valence-corrected chi connectivity index (χ3v) is 3.99. The van der Waals surface area contributed by atoms with Gasteiger partial charge in [-0.05, 0) is 32.0 Å². The predicted molar refractivity (Wildman–Crippen MR) is 94.7 cm³/mol. The van der Waals surface area contributed by atoms with Crippen LogP contribution in [0.15, 0.2) is 30.3 Å². The standard InChI is InChI=1S/C18H22N4O2/c1-11(2)22-17(20-14-7-8-16(19)21-18(14)22)9-12-5-6-13(23-3)10-15(12)24-4/h5-8,10-11H,9H2,1-4H3,(H2,19,21). The first-order chi connectivity index (χ1) is 11.5. The first-order valence-corrected chi connectivity index (χ1v) is 7.87. The molecule has 6 nitrogen and oxygen atoms in total. The van der Waals surface area contributed by atoms with Gasteiger partial charge in [-0.1, -0.05) is 6.07 Å².